The summed E-state index contributed by atoms with van der Waals surface area (Å²) in [7, 11) is 0. The first-order chi connectivity index (χ1) is 18.5. The highest BCUT2D eigenvalue weighted by Crippen LogP contribution is 2.64. The van der Waals surface area contributed by atoms with E-state index >= 15 is 0 Å². The van der Waals surface area contributed by atoms with Crippen LogP contribution in [0.25, 0.3) is 0 Å². The fourth-order valence-corrected chi connectivity index (χ4v) is 11.0. The van der Waals surface area contributed by atoms with Gasteiger partial charge in [0.05, 0.1) is 12.2 Å². The Balaban J connectivity index is 1.12. The summed E-state index contributed by atoms with van der Waals surface area (Å²) in [4.78, 5) is 0. The molecule has 7 rings (SSSR count). The Bertz CT molecular complexity index is 1050. The second kappa shape index (κ2) is 10.2. The molecule has 214 valence electrons. The molecular weight excluding hydrogens is 480 g/mol. The molecule has 7 atom stereocenters. The summed E-state index contributed by atoms with van der Waals surface area (Å²) < 4.78 is 0. The average Bonchev–Trinajstić information content (AvgIpc) is 3.22. The molecule has 0 heterocycles. The molecule has 0 amide bonds. The van der Waals surface area contributed by atoms with Crippen molar-refractivity contribution in [3.63, 3.8) is 0 Å². The van der Waals surface area contributed by atoms with Crippen LogP contribution in [0.3, 0.4) is 0 Å². The van der Waals surface area contributed by atoms with Gasteiger partial charge in [-0.3, -0.25) is 0 Å². The molecule has 0 aliphatic heterocycles. The normalized spacial score (nSPS) is 46.4. The van der Waals surface area contributed by atoms with Gasteiger partial charge >= 0.3 is 0 Å². The average molecular weight is 533 g/mol. The number of fused-ring (bicyclic) bond motifs is 1. The quantitative estimate of drug-likeness (QED) is 0.267. The lowest BCUT2D eigenvalue weighted by Gasteiger charge is -2.60. The summed E-state index contributed by atoms with van der Waals surface area (Å²) >= 11 is 0. The van der Waals surface area contributed by atoms with E-state index in [2.05, 4.69) is 44.4 Å². The summed E-state index contributed by atoms with van der Waals surface area (Å²) in [5.74, 6) is 11.3. The second-order valence-electron chi connectivity index (χ2n) is 15.4. The van der Waals surface area contributed by atoms with E-state index in [0.29, 0.717) is 41.6 Å². The fraction of sp³-hybridized carbons (Fsp3) is 0.778. The van der Waals surface area contributed by atoms with Crippen molar-refractivity contribution in [3.8, 4) is 11.8 Å². The van der Waals surface area contributed by atoms with E-state index < -0.39 is 17.8 Å². The third-order valence-corrected chi connectivity index (χ3v) is 12.9. The summed E-state index contributed by atoms with van der Waals surface area (Å²) in [6.45, 7) is 10.8. The maximum absolute atomic E-state index is 11.7. The monoisotopic (exact) mass is 532 g/mol. The molecule has 39 heavy (non-hydrogen) atoms. The molecule has 7 aliphatic carbocycles. The highest BCUT2D eigenvalue weighted by Gasteiger charge is 2.58. The predicted octanol–water partition coefficient (Wildman–Crippen LogP) is 7.12. The first kappa shape index (κ1) is 27.8. The standard InChI is InChI=1S/C36H52O3/c1-23(7-5-14-35(4,39)36-20-26-15-27(21-36)17-28(16-26)22-36)30-11-12-31-29(8-6-13-34(30,31)3)10-9-25-18-32(37)24(2)33(38)19-25/h9-10,23,26-28,30-33,37-39H,2,6-8,11-13,15-22H2,1,3-4H3/b29-10+/t23-,26?,27?,28?,30?,31?,32-,33-,34-,35-,36?/m1/s1. The van der Waals surface area contributed by atoms with Gasteiger partial charge in [0.25, 0.3) is 0 Å². The van der Waals surface area contributed by atoms with Gasteiger partial charge in [-0.2, -0.15) is 0 Å². The molecule has 3 heteroatoms. The summed E-state index contributed by atoms with van der Waals surface area (Å²) in [5.41, 5.74) is 2.75. The number of rotatable bonds is 4. The van der Waals surface area contributed by atoms with Crippen molar-refractivity contribution in [1.29, 1.82) is 0 Å². The molecule has 4 bridgehead atoms. The van der Waals surface area contributed by atoms with Crippen molar-refractivity contribution < 1.29 is 15.3 Å². The number of hydrogen-bond donors (Lipinski definition) is 3. The molecule has 0 aromatic rings. The van der Waals surface area contributed by atoms with Gasteiger partial charge < -0.3 is 15.3 Å². The fourth-order valence-electron chi connectivity index (χ4n) is 11.0. The molecule has 0 aromatic carbocycles. The predicted molar refractivity (Wildman–Crippen MR) is 158 cm³/mol. The van der Waals surface area contributed by atoms with Crippen molar-refractivity contribution in [1.82, 2.24) is 0 Å². The van der Waals surface area contributed by atoms with E-state index in [0.717, 1.165) is 36.2 Å². The topological polar surface area (TPSA) is 60.7 Å². The van der Waals surface area contributed by atoms with Crippen LogP contribution in [-0.4, -0.2) is 33.1 Å². The Kier molecular flexibility index (Phi) is 7.26. The van der Waals surface area contributed by atoms with E-state index in [1.807, 2.05) is 6.92 Å². The number of allylic oxidation sites excluding steroid dienone is 3. The van der Waals surface area contributed by atoms with Crippen LogP contribution in [0.15, 0.2) is 35.5 Å². The summed E-state index contributed by atoms with van der Waals surface area (Å²) in [6.07, 6.45) is 19.3. The van der Waals surface area contributed by atoms with Gasteiger partial charge in [0.1, 0.15) is 5.60 Å². The van der Waals surface area contributed by atoms with Gasteiger partial charge in [0.15, 0.2) is 0 Å². The third kappa shape index (κ3) is 4.91. The first-order valence-electron chi connectivity index (χ1n) is 16.2. The van der Waals surface area contributed by atoms with Crippen molar-refractivity contribution in [2.75, 3.05) is 0 Å². The Labute approximate surface area is 237 Å². The smallest absolute Gasteiger partial charge is 0.128 e. The van der Waals surface area contributed by atoms with E-state index in [9.17, 15) is 15.3 Å². The molecular formula is C36H52O3. The van der Waals surface area contributed by atoms with Gasteiger partial charge in [-0.15, -0.1) is 0 Å². The zero-order valence-electron chi connectivity index (χ0n) is 24.7. The van der Waals surface area contributed by atoms with Gasteiger partial charge in [0, 0.05) is 11.8 Å². The van der Waals surface area contributed by atoms with Crippen LogP contribution in [0.4, 0.5) is 0 Å². The molecule has 0 radical (unpaired) electrons. The minimum atomic E-state index is -0.855. The Morgan fingerprint density at radius 3 is 2.26 bits per heavy atom. The van der Waals surface area contributed by atoms with E-state index in [4.69, 9.17) is 0 Å². The van der Waals surface area contributed by atoms with Crippen LogP contribution in [0.5, 0.6) is 0 Å². The lowest BCUT2D eigenvalue weighted by molar-refractivity contribution is -0.144. The zero-order chi connectivity index (χ0) is 27.6. The Morgan fingerprint density at radius 2 is 1.64 bits per heavy atom. The third-order valence-electron chi connectivity index (χ3n) is 12.9. The van der Waals surface area contributed by atoms with Crippen molar-refractivity contribution in [3.05, 3.63) is 35.5 Å². The van der Waals surface area contributed by atoms with Crippen LogP contribution in [0.1, 0.15) is 111 Å². The minimum absolute atomic E-state index is 0.0393. The SMILES string of the molecule is C=C1[C@H](O)CC(=C/C=C2\CCC[C@@]3(C)C2CCC3[C@H](C)CC#C[C@@](C)(O)C23CC4CC(CC(C4)C2)C3)C[C@H]1O. The highest BCUT2D eigenvalue weighted by molar-refractivity contribution is 5.30. The second-order valence-corrected chi connectivity index (χ2v) is 15.4. The van der Waals surface area contributed by atoms with Gasteiger partial charge in [0.2, 0.25) is 0 Å². The summed E-state index contributed by atoms with van der Waals surface area (Å²) in [6, 6.07) is 0. The lowest BCUT2D eigenvalue weighted by Crippen LogP contribution is -2.56. The summed E-state index contributed by atoms with van der Waals surface area (Å²) in [5, 5.41) is 32.2. The Morgan fingerprint density at radius 1 is 1.03 bits per heavy atom. The maximum Gasteiger partial charge on any atom is 0.128 e. The molecule has 2 unspecified atom stereocenters. The van der Waals surface area contributed by atoms with Crippen LogP contribution < -0.4 is 0 Å². The molecule has 7 fully saturated rings. The molecule has 3 N–H and O–H groups in total. The zero-order valence-corrected chi connectivity index (χ0v) is 24.7. The largest absolute Gasteiger partial charge is 0.388 e. The maximum atomic E-state index is 11.7. The Hall–Kier alpha value is -1.34. The molecule has 0 spiro atoms. The van der Waals surface area contributed by atoms with Crippen LogP contribution >= 0.6 is 0 Å². The van der Waals surface area contributed by atoms with E-state index in [1.54, 1.807) is 5.57 Å². The molecule has 0 aromatic heterocycles. The van der Waals surface area contributed by atoms with E-state index in [-0.39, 0.29) is 5.41 Å². The number of aliphatic hydroxyl groups excluding tert-OH is 2. The highest BCUT2D eigenvalue weighted by atomic mass is 16.3. The van der Waals surface area contributed by atoms with Crippen LogP contribution in [-0.2, 0) is 0 Å². The first-order valence-corrected chi connectivity index (χ1v) is 16.2. The number of aliphatic hydroxyl groups is 3. The molecule has 7 saturated carbocycles. The van der Waals surface area contributed by atoms with Crippen molar-refractivity contribution in [2.24, 2.45) is 46.3 Å². The van der Waals surface area contributed by atoms with Crippen LogP contribution in [0.2, 0.25) is 0 Å². The van der Waals surface area contributed by atoms with E-state index in [1.165, 1.54) is 64.2 Å². The lowest BCUT2D eigenvalue weighted by atomic mass is 9.45. The molecule has 7 aliphatic rings. The van der Waals surface area contributed by atoms with Crippen LogP contribution in [0, 0.1) is 58.2 Å². The van der Waals surface area contributed by atoms with Crippen molar-refractivity contribution in [2.45, 2.75) is 128 Å². The van der Waals surface area contributed by atoms with Gasteiger partial charge in [-0.05, 0) is 137 Å². The minimum Gasteiger partial charge on any atom is -0.388 e. The van der Waals surface area contributed by atoms with Gasteiger partial charge in [-0.1, -0.05) is 55.6 Å². The van der Waals surface area contributed by atoms with Crippen molar-refractivity contribution >= 4 is 0 Å². The number of hydrogen-bond acceptors (Lipinski definition) is 3. The molecule has 3 nitrogen and oxygen atoms in total. The van der Waals surface area contributed by atoms with Gasteiger partial charge in [-0.25, -0.2) is 0 Å². The molecule has 0 saturated heterocycles.